The van der Waals surface area contributed by atoms with Crippen molar-refractivity contribution in [3.63, 3.8) is 0 Å². The summed E-state index contributed by atoms with van der Waals surface area (Å²) in [6.45, 7) is 0. The maximum atomic E-state index is 12.7. The molecule has 28 heavy (non-hydrogen) atoms. The van der Waals surface area contributed by atoms with Crippen LogP contribution in [0.3, 0.4) is 0 Å². The molecular formula is C22H17N3O2S. The van der Waals surface area contributed by atoms with E-state index in [1.54, 1.807) is 18.4 Å². The van der Waals surface area contributed by atoms with Gasteiger partial charge in [0, 0.05) is 17.5 Å². The number of anilines is 1. The number of benzene rings is 2. The molecule has 0 fully saturated rings. The highest BCUT2D eigenvalue weighted by molar-refractivity contribution is 7.21. The molecule has 0 unspecified atom stereocenters. The van der Waals surface area contributed by atoms with Crippen molar-refractivity contribution in [2.24, 2.45) is 0 Å². The van der Waals surface area contributed by atoms with Crippen LogP contribution in [0, 0.1) is 0 Å². The van der Waals surface area contributed by atoms with Crippen molar-refractivity contribution >= 4 is 38.7 Å². The summed E-state index contributed by atoms with van der Waals surface area (Å²) in [5, 5.41) is 7.08. The minimum absolute atomic E-state index is 0.129. The average Bonchev–Trinajstić information content (AvgIpc) is 3.30. The fourth-order valence-electron chi connectivity index (χ4n) is 3.48. The molecule has 3 heterocycles. The number of amides is 1. The Bertz CT molecular complexity index is 1190. The Labute approximate surface area is 166 Å². The molecular weight excluding hydrogens is 370 g/mol. The first-order valence-corrected chi connectivity index (χ1v) is 9.77. The van der Waals surface area contributed by atoms with Crippen molar-refractivity contribution in [3.05, 3.63) is 77.8 Å². The summed E-state index contributed by atoms with van der Waals surface area (Å²) in [5.41, 5.74) is 4.94. The van der Waals surface area contributed by atoms with E-state index in [-0.39, 0.29) is 5.91 Å². The predicted molar refractivity (Wildman–Crippen MR) is 113 cm³/mol. The van der Waals surface area contributed by atoms with Crippen LogP contribution in [0.15, 0.2) is 72.3 Å². The first-order valence-electron chi connectivity index (χ1n) is 8.95. The van der Waals surface area contributed by atoms with E-state index < -0.39 is 0 Å². The molecule has 2 N–H and O–H groups in total. The van der Waals surface area contributed by atoms with Crippen LogP contribution >= 0.6 is 11.3 Å². The van der Waals surface area contributed by atoms with Crippen LogP contribution in [0.25, 0.3) is 26.4 Å². The van der Waals surface area contributed by atoms with Crippen LogP contribution in [-0.4, -0.2) is 18.0 Å². The number of hydrogen-bond donors (Lipinski definition) is 2. The second kappa shape index (κ2) is 6.65. The molecule has 138 valence electrons. The zero-order chi connectivity index (χ0) is 19.1. The van der Waals surface area contributed by atoms with Gasteiger partial charge in [-0.3, -0.25) is 4.79 Å². The van der Waals surface area contributed by atoms with E-state index in [0.717, 1.165) is 43.5 Å². The molecule has 6 heteroatoms. The second-order valence-electron chi connectivity index (χ2n) is 6.52. The number of ether oxygens (including phenoxy) is 1. The zero-order valence-corrected chi connectivity index (χ0v) is 16.0. The van der Waals surface area contributed by atoms with Gasteiger partial charge in [-0.05, 0) is 24.4 Å². The Kier molecular flexibility index (Phi) is 3.98. The van der Waals surface area contributed by atoms with E-state index in [1.165, 1.54) is 0 Å². The Hall–Kier alpha value is -3.38. The molecule has 1 aromatic heterocycles. The van der Waals surface area contributed by atoms with Crippen molar-refractivity contribution in [3.8, 4) is 10.6 Å². The number of methoxy groups -OCH3 is 1. The third-order valence-electron chi connectivity index (χ3n) is 4.84. The lowest BCUT2D eigenvalue weighted by atomic mass is 10.0. The highest BCUT2D eigenvalue weighted by atomic mass is 32.1. The normalized spacial score (nSPS) is 17.0. The fourth-order valence-corrected chi connectivity index (χ4v) is 4.46. The van der Waals surface area contributed by atoms with Gasteiger partial charge in [0.1, 0.15) is 10.8 Å². The lowest BCUT2D eigenvalue weighted by molar-refractivity contribution is -0.110. The first-order chi connectivity index (χ1) is 13.7. The molecule has 0 radical (unpaired) electrons. The Morgan fingerprint density at radius 2 is 2.04 bits per heavy atom. The maximum absolute atomic E-state index is 12.7. The molecule has 5 rings (SSSR count). The topological polar surface area (TPSA) is 63.2 Å². The molecule has 5 nitrogen and oxygen atoms in total. The number of thiazole rings is 1. The summed E-state index contributed by atoms with van der Waals surface area (Å²) in [6, 6.07) is 14.1. The van der Waals surface area contributed by atoms with Gasteiger partial charge in [0.2, 0.25) is 0 Å². The largest absolute Gasteiger partial charge is 0.499 e. The van der Waals surface area contributed by atoms with Crippen molar-refractivity contribution in [2.75, 3.05) is 12.4 Å². The minimum atomic E-state index is -0.129. The number of nitrogens with one attached hydrogen (secondary N) is 2. The van der Waals surface area contributed by atoms with Crippen LogP contribution < -0.4 is 10.6 Å². The second-order valence-corrected chi connectivity index (χ2v) is 7.55. The van der Waals surface area contributed by atoms with Crippen LogP contribution in [-0.2, 0) is 9.53 Å². The quantitative estimate of drug-likeness (QED) is 0.642. The van der Waals surface area contributed by atoms with Crippen molar-refractivity contribution < 1.29 is 9.53 Å². The molecule has 0 spiro atoms. The number of aromatic nitrogens is 1. The maximum Gasteiger partial charge on any atom is 0.256 e. The molecule has 1 amide bonds. The molecule has 3 aromatic rings. The van der Waals surface area contributed by atoms with Crippen LogP contribution in [0.4, 0.5) is 5.69 Å². The third kappa shape index (κ3) is 2.70. The lowest BCUT2D eigenvalue weighted by Crippen LogP contribution is -2.13. The summed E-state index contributed by atoms with van der Waals surface area (Å²) < 4.78 is 6.52. The van der Waals surface area contributed by atoms with Crippen LogP contribution in [0.2, 0.25) is 0 Å². The number of carbonyl (C=O) groups excluding carboxylic acids is 1. The molecule has 0 aliphatic carbocycles. The van der Waals surface area contributed by atoms with Gasteiger partial charge in [0.25, 0.3) is 5.91 Å². The van der Waals surface area contributed by atoms with E-state index >= 15 is 0 Å². The number of fused-ring (bicyclic) bond motifs is 3. The summed E-state index contributed by atoms with van der Waals surface area (Å²) in [4.78, 5) is 17.6. The molecule has 0 atom stereocenters. The lowest BCUT2D eigenvalue weighted by Gasteiger charge is -2.14. The fraction of sp³-hybridized carbons (Fsp3) is 0.0909. The number of rotatable bonds is 3. The molecule has 0 bridgehead atoms. The summed E-state index contributed by atoms with van der Waals surface area (Å²) in [5.74, 6) is 0.669. The molecule has 2 aromatic carbocycles. The Morgan fingerprint density at radius 1 is 1.18 bits per heavy atom. The van der Waals surface area contributed by atoms with Gasteiger partial charge in [-0.1, -0.05) is 36.4 Å². The van der Waals surface area contributed by atoms with E-state index in [1.807, 2.05) is 60.8 Å². The zero-order valence-electron chi connectivity index (χ0n) is 15.2. The van der Waals surface area contributed by atoms with E-state index in [0.29, 0.717) is 12.0 Å². The number of hydrogen-bond acceptors (Lipinski definition) is 5. The smallest absolute Gasteiger partial charge is 0.256 e. The van der Waals surface area contributed by atoms with Crippen molar-refractivity contribution in [1.29, 1.82) is 0 Å². The number of allylic oxidation sites excluding steroid dienone is 2. The monoisotopic (exact) mass is 387 g/mol. The van der Waals surface area contributed by atoms with Crippen LogP contribution in [0.1, 0.15) is 12.0 Å². The van der Waals surface area contributed by atoms with E-state index in [4.69, 9.17) is 9.72 Å². The number of nitrogens with zero attached hydrogens (tertiary/aromatic N) is 1. The van der Waals surface area contributed by atoms with Crippen molar-refractivity contribution in [1.82, 2.24) is 10.3 Å². The van der Waals surface area contributed by atoms with Gasteiger partial charge in [0.15, 0.2) is 0 Å². The average molecular weight is 387 g/mol. The number of carbonyl (C=O) groups is 1. The van der Waals surface area contributed by atoms with Gasteiger partial charge >= 0.3 is 0 Å². The third-order valence-corrected chi connectivity index (χ3v) is 5.91. The van der Waals surface area contributed by atoms with Crippen LogP contribution in [0.5, 0.6) is 0 Å². The molecule has 0 saturated heterocycles. The predicted octanol–water partition coefficient (Wildman–Crippen LogP) is 4.66. The minimum Gasteiger partial charge on any atom is -0.499 e. The summed E-state index contributed by atoms with van der Waals surface area (Å²) in [6.07, 6.45) is 6.38. The Morgan fingerprint density at radius 3 is 2.86 bits per heavy atom. The summed E-state index contributed by atoms with van der Waals surface area (Å²) in [7, 11) is 1.64. The van der Waals surface area contributed by atoms with Gasteiger partial charge < -0.3 is 15.4 Å². The standard InChI is InChI=1S/C22H17N3O2S/c1-27-17-8-5-11-23-16(17)12-14-19-15(24-21(14)26)9-10-18-20(19)25-22(28-18)13-6-3-2-4-7-13/h2-7,9-12,23H,8H2,1H3,(H,24,26)/b14-12-. The van der Waals surface area contributed by atoms with Gasteiger partial charge in [-0.25, -0.2) is 4.98 Å². The van der Waals surface area contributed by atoms with Gasteiger partial charge in [-0.15, -0.1) is 11.3 Å². The molecule has 0 saturated carbocycles. The highest BCUT2D eigenvalue weighted by Gasteiger charge is 2.29. The van der Waals surface area contributed by atoms with E-state index in [2.05, 4.69) is 10.6 Å². The highest BCUT2D eigenvalue weighted by Crippen LogP contribution is 2.41. The molecule has 2 aliphatic rings. The van der Waals surface area contributed by atoms with E-state index in [9.17, 15) is 4.79 Å². The van der Waals surface area contributed by atoms with Crippen molar-refractivity contribution in [2.45, 2.75) is 6.42 Å². The Balaban J connectivity index is 1.68. The van der Waals surface area contributed by atoms with Gasteiger partial charge in [-0.2, -0.15) is 0 Å². The number of dihydropyridines is 1. The SMILES string of the molecule is COC1=C(/C=C2\C(=O)Nc3ccc4sc(-c5ccccc5)nc4c32)NC=CC1. The molecule has 2 aliphatic heterocycles. The summed E-state index contributed by atoms with van der Waals surface area (Å²) >= 11 is 1.63. The first kappa shape index (κ1) is 16.8. The van der Waals surface area contributed by atoms with Gasteiger partial charge in [0.05, 0.1) is 34.3 Å².